The van der Waals surface area contributed by atoms with Crippen LogP contribution in [0.2, 0.25) is 0 Å². The Bertz CT molecular complexity index is 748. The topological polar surface area (TPSA) is 72.3 Å². The van der Waals surface area contributed by atoms with Crippen molar-refractivity contribution in [3.05, 3.63) is 42.4 Å². The van der Waals surface area contributed by atoms with Gasteiger partial charge in [0, 0.05) is 51.4 Å². The molecule has 2 aromatic heterocycles. The zero-order valence-corrected chi connectivity index (χ0v) is 17.0. The molecule has 0 radical (unpaired) electrons. The van der Waals surface area contributed by atoms with Crippen molar-refractivity contribution in [3.8, 4) is 0 Å². The third-order valence-electron chi connectivity index (χ3n) is 6.06. The van der Waals surface area contributed by atoms with Gasteiger partial charge in [-0.15, -0.1) is 0 Å². The molecule has 2 saturated heterocycles. The minimum atomic E-state index is 0.0928. The van der Waals surface area contributed by atoms with Gasteiger partial charge < -0.3 is 15.0 Å². The Morgan fingerprint density at radius 2 is 2.10 bits per heavy atom. The molecule has 0 unspecified atom stereocenters. The van der Waals surface area contributed by atoms with Crippen LogP contribution in [-0.4, -0.2) is 58.4 Å². The molecular weight excluding hydrogens is 366 g/mol. The molecule has 7 heteroatoms. The summed E-state index contributed by atoms with van der Waals surface area (Å²) in [6.45, 7) is 5.17. The second-order valence-corrected chi connectivity index (χ2v) is 8.19. The Morgan fingerprint density at radius 1 is 1.21 bits per heavy atom. The highest BCUT2D eigenvalue weighted by atomic mass is 16.5. The van der Waals surface area contributed by atoms with Crippen LogP contribution in [0, 0.1) is 11.8 Å². The number of carbonyl (C=O) groups is 1. The lowest BCUT2D eigenvalue weighted by Gasteiger charge is -2.32. The number of pyridine rings is 1. The summed E-state index contributed by atoms with van der Waals surface area (Å²) >= 11 is 0. The molecule has 4 rings (SSSR count). The van der Waals surface area contributed by atoms with Crippen molar-refractivity contribution in [3.63, 3.8) is 0 Å². The van der Waals surface area contributed by atoms with Crippen LogP contribution in [0.4, 0.5) is 5.82 Å². The van der Waals surface area contributed by atoms with Crippen LogP contribution in [0.25, 0.3) is 0 Å². The van der Waals surface area contributed by atoms with Gasteiger partial charge in [0.2, 0.25) is 0 Å². The van der Waals surface area contributed by atoms with E-state index in [-0.39, 0.29) is 5.91 Å². The van der Waals surface area contributed by atoms with E-state index in [1.165, 1.54) is 6.42 Å². The molecule has 2 fully saturated rings. The van der Waals surface area contributed by atoms with Gasteiger partial charge in [0.05, 0.1) is 12.2 Å². The number of likely N-dealkylation sites (tertiary alicyclic amines) is 1. The molecule has 7 nitrogen and oxygen atoms in total. The average Bonchev–Trinajstić information content (AvgIpc) is 3.31. The maximum atomic E-state index is 12.8. The fourth-order valence-corrected chi connectivity index (χ4v) is 4.20. The molecule has 0 saturated carbocycles. The Morgan fingerprint density at radius 3 is 2.79 bits per heavy atom. The molecule has 2 aromatic rings. The van der Waals surface area contributed by atoms with Crippen molar-refractivity contribution >= 4 is 11.7 Å². The third kappa shape index (κ3) is 5.56. The van der Waals surface area contributed by atoms with Crippen molar-refractivity contribution in [2.24, 2.45) is 11.8 Å². The fraction of sp³-hybridized carbons (Fsp3) is 0.591. The van der Waals surface area contributed by atoms with Gasteiger partial charge >= 0.3 is 0 Å². The second-order valence-electron chi connectivity index (χ2n) is 8.19. The van der Waals surface area contributed by atoms with E-state index in [1.54, 1.807) is 6.20 Å². The first-order valence-corrected chi connectivity index (χ1v) is 10.8. The molecule has 2 aliphatic heterocycles. The van der Waals surface area contributed by atoms with Crippen molar-refractivity contribution < 1.29 is 9.53 Å². The van der Waals surface area contributed by atoms with Gasteiger partial charge in [0.1, 0.15) is 5.82 Å². The van der Waals surface area contributed by atoms with E-state index in [0.29, 0.717) is 17.4 Å². The largest absolute Gasteiger partial charge is 0.381 e. The van der Waals surface area contributed by atoms with Crippen LogP contribution in [0.15, 0.2) is 36.8 Å². The summed E-state index contributed by atoms with van der Waals surface area (Å²) in [6.07, 6.45) is 11.1. The molecule has 29 heavy (non-hydrogen) atoms. The summed E-state index contributed by atoms with van der Waals surface area (Å²) in [5.41, 5.74) is 0.673. The summed E-state index contributed by atoms with van der Waals surface area (Å²) < 4.78 is 7.50. The molecule has 0 spiro atoms. The lowest BCUT2D eigenvalue weighted by molar-refractivity contribution is 0.0595. The van der Waals surface area contributed by atoms with Gasteiger partial charge in [-0.25, -0.2) is 4.98 Å². The van der Waals surface area contributed by atoms with Crippen LogP contribution >= 0.6 is 0 Å². The maximum Gasteiger partial charge on any atom is 0.255 e. The number of ether oxygens (including phenoxy) is 1. The molecular formula is C22H31N5O2. The first kappa shape index (κ1) is 19.9. The monoisotopic (exact) mass is 397 g/mol. The van der Waals surface area contributed by atoms with Gasteiger partial charge in [-0.1, -0.05) is 0 Å². The van der Waals surface area contributed by atoms with Crippen molar-refractivity contribution in [1.29, 1.82) is 0 Å². The number of nitrogens with one attached hydrogen (secondary N) is 1. The van der Waals surface area contributed by atoms with Crippen molar-refractivity contribution in [2.45, 2.75) is 38.6 Å². The third-order valence-corrected chi connectivity index (χ3v) is 6.06. The summed E-state index contributed by atoms with van der Waals surface area (Å²) in [4.78, 5) is 19.2. The fourth-order valence-electron chi connectivity index (χ4n) is 4.20. The molecule has 2 aliphatic rings. The number of piperidine rings is 1. The Kier molecular flexibility index (Phi) is 6.77. The number of nitrogens with zero attached hydrogens (tertiary/aromatic N) is 4. The van der Waals surface area contributed by atoms with Crippen molar-refractivity contribution in [2.75, 3.05) is 38.2 Å². The second kappa shape index (κ2) is 9.87. The quantitative estimate of drug-likeness (QED) is 0.777. The van der Waals surface area contributed by atoms with Gasteiger partial charge in [0.25, 0.3) is 5.91 Å². The number of hydrogen-bond acceptors (Lipinski definition) is 5. The number of carbonyl (C=O) groups excluding carboxylic acids is 1. The van der Waals surface area contributed by atoms with E-state index >= 15 is 0 Å². The Hall–Kier alpha value is -2.41. The lowest BCUT2D eigenvalue weighted by atomic mass is 9.93. The summed E-state index contributed by atoms with van der Waals surface area (Å²) in [5.74, 6) is 2.12. The molecule has 0 aromatic carbocycles. The normalized spacial score (nSPS) is 20.6. The first-order valence-electron chi connectivity index (χ1n) is 10.8. The van der Waals surface area contributed by atoms with Crippen LogP contribution in [0.3, 0.4) is 0 Å². The molecule has 0 bridgehead atoms. The molecule has 156 valence electrons. The van der Waals surface area contributed by atoms with Gasteiger partial charge in [-0.2, -0.15) is 5.10 Å². The van der Waals surface area contributed by atoms with Gasteiger partial charge in [-0.05, 0) is 62.1 Å². The zero-order valence-electron chi connectivity index (χ0n) is 17.0. The highest BCUT2D eigenvalue weighted by Crippen LogP contribution is 2.22. The van der Waals surface area contributed by atoms with Gasteiger partial charge in [0.15, 0.2) is 0 Å². The molecule has 1 amide bonds. The van der Waals surface area contributed by atoms with E-state index in [0.717, 1.165) is 70.9 Å². The lowest BCUT2D eigenvalue weighted by Crippen LogP contribution is -2.38. The number of aryl methyl sites for hydroxylation is 1. The highest BCUT2D eigenvalue weighted by Gasteiger charge is 2.24. The predicted octanol–water partition coefficient (Wildman–Crippen LogP) is 3.06. The molecule has 1 N–H and O–H groups in total. The number of anilines is 1. The van der Waals surface area contributed by atoms with E-state index in [1.807, 2.05) is 40.2 Å². The summed E-state index contributed by atoms with van der Waals surface area (Å²) in [7, 11) is 0. The minimum absolute atomic E-state index is 0.0928. The number of amides is 1. The van der Waals surface area contributed by atoms with E-state index in [9.17, 15) is 4.79 Å². The van der Waals surface area contributed by atoms with E-state index < -0.39 is 0 Å². The van der Waals surface area contributed by atoms with Crippen LogP contribution in [0.5, 0.6) is 0 Å². The van der Waals surface area contributed by atoms with Crippen LogP contribution in [0.1, 0.15) is 42.5 Å². The number of aromatic nitrogens is 3. The highest BCUT2D eigenvalue weighted by molar-refractivity contribution is 5.94. The molecule has 0 aliphatic carbocycles. The molecule has 1 atom stereocenters. The smallest absolute Gasteiger partial charge is 0.255 e. The minimum Gasteiger partial charge on any atom is -0.381 e. The van der Waals surface area contributed by atoms with Crippen molar-refractivity contribution in [1.82, 2.24) is 19.7 Å². The number of hydrogen-bond donors (Lipinski definition) is 1. The van der Waals surface area contributed by atoms with E-state index in [4.69, 9.17) is 4.74 Å². The summed E-state index contributed by atoms with van der Waals surface area (Å²) in [5, 5.41) is 7.63. The maximum absolute atomic E-state index is 12.8. The van der Waals surface area contributed by atoms with Crippen LogP contribution in [-0.2, 0) is 11.3 Å². The standard InChI is InChI=1S/C22H31N5O2/c28-22(26-11-6-18(7-12-26)8-13-27-10-2-9-25-27)20-4-5-21(24-16-20)23-15-19-3-1-14-29-17-19/h2,4-5,9-10,16,18-19H,1,3,6-8,11-15,17H2,(H,23,24)/t19-/m1/s1. The summed E-state index contributed by atoms with van der Waals surface area (Å²) in [6, 6.07) is 5.76. The van der Waals surface area contributed by atoms with Crippen LogP contribution < -0.4 is 5.32 Å². The SMILES string of the molecule is O=C(c1ccc(NC[C@H]2CCCOC2)nc1)N1CCC(CCn2cccn2)CC1. The first-order chi connectivity index (χ1) is 14.3. The van der Waals surface area contributed by atoms with Gasteiger partial charge in [-0.3, -0.25) is 9.48 Å². The van der Waals surface area contributed by atoms with E-state index in [2.05, 4.69) is 15.4 Å². The Balaban J connectivity index is 1.21. The Labute approximate surface area is 172 Å². The molecule has 4 heterocycles. The average molecular weight is 398 g/mol. The predicted molar refractivity (Wildman–Crippen MR) is 112 cm³/mol. The zero-order chi connectivity index (χ0) is 19.9. The number of rotatable bonds is 7.